The number of hydrogen-bond acceptors (Lipinski definition) is 4. The molecule has 0 bridgehead atoms. The van der Waals surface area contributed by atoms with Gasteiger partial charge in [-0.2, -0.15) is 0 Å². The minimum atomic E-state index is -0.0131. The highest BCUT2D eigenvalue weighted by Crippen LogP contribution is 2.43. The molecule has 0 spiro atoms. The fourth-order valence-electron chi connectivity index (χ4n) is 1.92. The first-order chi connectivity index (χ1) is 9.70. The Morgan fingerprint density at radius 3 is 2.60 bits per heavy atom. The van der Waals surface area contributed by atoms with Crippen LogP contribution in [-0.4, -0.2) is 30.5 Å². The predicted octanol–water partition coefficient (Wildman–Crippen LogP) is 2.88. The molecule has 1 heterocycles. The summed E-state index contributed by atoms with van der Waals surface area (Å²) in [5.41, 5.74) is 7.58. The van der Waals surface area contributed by atoms with Crippen molar-refractivity contribution in [2.24, 2.45) is 11.7 Å². The molecule has 1 aliphatic heterocycles. The Morgan fingerprint density at radius 2 is 2.00 bits per heavy atom. The van der Waals surface area contributed by atoms with Crippen LogP contribution >= 0.6 is 23.5 Å². The summed E-state index contributed by atoms with van der Waals surface area (Å²) in [5.74, 6) is 2.77. The lowest BCUT2D eigenvalue weighted by Crippen LogP contribution is -2.31. The van der Waals surface area contributed by atoms with E-state index in [1.807, 2.05) is 42.6 Å². The van der Waals surface area contributed by atoms with Crippen molar-refractivity contribution < 1.29 is 4.79 Å². The van der Waals surface area contributed by atoms with Gasteiger partial charge in [-0.25, -0.2) is 0 Å². The first kappa shape index (κ1) is 15.7. The second-order valence-corrected chi connectivity index (χ2v) is 7.82. The van der Waals surface area contributed by atoms with Gasteiger partial charge in [0.2, 0.25) is 0 Å². The van der Waals surface area contributed by atoms with E-state index in [1.54, 1.807) is 0 Å². The van der Waals surface area contributed by atoms with Gasteiger partial charge in [0.1, 0.15) is 0 Å². The fourth-order valence-corrected chi connectivity index (χ4v) is 4.82. The monoisotopic (exact) mass is 310 g/mol. The topological polar surface area (TPSA) is 55.1 Å². The molecule has 1 atom stereocenters. The SMILES string of the molecule is CC(CN)CNC(=O)c1ccc(C2SCCCS2)cc1. The molecule has 0 aromatic heterocycles. The average molecular weight is 310 g/mol. The van der Waals surface area contributed by atoms with Gasteiger partial charge in [0.25, 0.3) is 5.91 Å². The number of carbonyl (C=O) groups excluding carboxylic acids is 1. The van der Waals surface area contributed by atoms with E-state index in [9.17, 15) is 4.79 Å². The van der Waals surface area contributed by atoms with Crippen molar-refractivity contribution in [3.63, 3.8) is 0 Å². The van der Waals surface area contributed by atoms with E-state index in [4.69, 9.17) is 5.73 Å². The molecule has 20 heavy (non-hydrogen) atoms. The number of hydrogen-bond donors (Lipinski definition) is 2. The zero-order valence-electron chi connectivity index (χ0n) is 11.8. The molecule has 1 saturated heterocycles. The van der Waals surface area contributed by atoms with Crippen LogP contribution in [0, 0.1) is 5.92 Å². The van der Waals surface area contributed by atoms with Gasteiger partial charge in [0, 0.05) is 12.1 Å². The van der Waals surface area contributed by atoms with Crippen molar-refractivity contribution in [2.45, 2.75) is 17.9 Å². The second-order valence-electron chi connectivity index (χ2n) is 5.10. The fraction of sp³-hybridized carbons (Fsp3) is 0.533. The highest BCUT2D eigenvalue weighted by atomic mass is 32.2. The van der Waals surface area contributed by atoms with Crippen molar-refractivity contribution in [3.8, 4) is 0 Å². The van der Waals surface area contributed by atoms with Crippen molar-refractivity contribution in [1.29, 1.82) is 0 Å². The van der Waals surface area contributed by atoms with Gasteiger partial charge in [-0.15, -0.1) is 23.5 Å². The third kappa shape index (κ3) is 4.43. The lowest BCUT2D eigenvalue weighted by molar-refractivity contribution is 0.0948. The predicted molar refractivity (Wildman–Crippen MR) is 89.3 cm³/mol. The molecule has 0 radical (unpaired) electrons. The Kier molecular flexibility index (Phi) is 6.26. The Bertz CT molecular complexity index is 430. The minimum absolute atomic E-state index is 0.0131. The molecular formula is C15H22N2OS2. The van der Waals surface area contributed by atoms with Crippen LogP contribution in [0.2, 0.25) is 0 Å². The first-order valence-electron chi connectivity index (χ1n) is 7.02. The van der Waals surface area contributed by atoms with Gasteiger partial charge in [-0.3, -0.25) is 4.79 Å². The summed E-state index contributed by atoms with van der Waals surface area (Å²) >= 11 is 3.99. The second kappa shape index (κ2) is 7.96. The van der Waals surface area contributed by atoms with E-state index < -0.39 is 0 Å². The third-order valence-corrected chi connectivity index (χ3v) is 6.30. The molecular weight excluding hydrogens is 288 g/mol. The van der Waals surface area contributed by atoms with Crippen LogP contribution in [0.5, 0.6) is 0 Å². The van der Waals surface area contributed by atoms with Gasteiger partial charge in [-0.1, -0.05) is 19.1 Å². The maximum atomic E-state index is 12.0. The van der Waals surface area contributed by atoms with Gasteiger partial charge in [0.05, 0.1) is 4.58 Å². The average Bonchev–Trinajstić information content (AvgIpc) is 2.53. The van der Waals surface area contributed by atoms with Gasteiger partial charge >= 0.3 is 0 Å². The number of nitrogens with one attached hydrogen (secondary N) is 1. The van der Waals surface area contributed by atoms with Crippen LogP contribution in [-0.2, 0) is 0 Å². The highest BCUT2D eigenvalue weighted by molar-refractivity contribution is 8.16. The lowest BCUT2D eigenvalue weighted by atomic mass is 10.1. The van der Waals surface area contributed by atoms with Crippen LogP contribution in [0.4, 0.5) is 0 Å². The molecule has 0 saturated carbocycles. The Labute approximate surface area is 129 Å². The van der Waals surface area contributed by atoms with Crippen LogP contribution in [0.25, 0.3) is 0 Å². The summed E-state index contributed by atoms with van der Waals surface area (Å²) in [6.45, 7) is 3.25. The van der Waals surface area contributed by atoms with Gasteiger partial charge < -0.3 is 11.1 Å². The highest BCUT2D eigenvalue weighted by Gasteiger charge is 2.16. The third-order valence-electron chi connectivity index (χ3n) is 3.29. The van der Waals surface area contributed by atoms with Crippen LogP contribution in [0.15, 0.2) is 24.3 Å². The van der Waals surface area contributed by atoms with E-state index in [1.165, 1.54) is 23.5 Å². The van der Waals surface area contributed by atoms with Gasteiger partial charge in [-0.05, 0) is 48.1 Å². The van der Waals surface area contributed by atoms with Crippen molar-refractivity contribution in [3.05, 3.63) is 35.4 Å². The Balaban J connectivity index is 1.91. The van der Waals surface area contributed by atoms with E-state index in [-0.39, 0.29) is 5.91 Å². The molecule has 1 aromatic carbocycles. The normalized spacial score (nSPS) is 17.7. The number of amides is 1. The molecule has 2 rings (SSSR count). The van der Waals surface area contributed by atoms with Crippen molar-refractivity contribution in [1.82, 2.24) is 5.32 Å². The molecule has 1 unspecified atom stereocenters. The van der Waals surface area contributed by atoms with Crippen LogP contribution in [0.3, 0.4) is 0 Å². The van der Waals surface area contributed by atoms with E-state index in [0.29, 0.717) is 23.6 Å². The molecule has 110 valence electrons. The van der Waals surface area contributed by atoms with Gasteiger partial charge in [0.15, 0.2) is 0 Å². The van der Waals surface area contributed by atoms with E-state index >= 15 is 0 Å². The summed E-state index contributed by atoms with van der Waals surface area (Å²) in [6.07, 6.45) is 1.30. The summed E-state index contributed by atoms with van der Waals surface area (Å²) in [6, 6.07) is 8.01. The Hall–Kier alpha value is -0.650. The summed E-state index contributed by atoms with van der Waals surface area (Å²) in [7, 11) is 0. The molecule has 1 amide bonds. The smallest absolute Gasteiger partial charge is 0.251 e. The zero-order valence-corrected chi connectivity index (χ0v) is 13.4. The number of thioether (sulfide) groups is 2. The van der Waals surface area contributed by atoms with E-state index in [2.05, 4.69) is 17.4 Å². The standard InChI is InChI=1S/C15H22N2OS2/c1-11(9-16)10-17-14(18)12-3-5-13(6-4-12)15-19-7-2-8-20-15/h3-6,11,15H,2,7-10,16H2,1H3,(H,17,18). The summed E-state index contributed by atoms with van der Waals surface area (Å²) < 4.78 is 0.526. The number of carbonyl (C=O) groups is 1. The molecule has 1 aromatic rings. The van der Waals surface area contributed by atoms with E-state index in [0.717, 1.165) is 5.56 Å². The zero-order chi connectivity index (χ0) is 14.4. The lowest BCUT2D eigenvalue weighted by Gasteiger charge is -2.21. The first-order valence-corrected chi connectivity index (χ1v) is 9.12. The maximum absolute atomic E-state index is 12.0. The molecule has 3 nitrogen and oxygen atoms in total. The number of nitrogens with two attached hydrogens (primary N) is 1. The molecule has 1 aliphatic rings. The largest absolute Gasteiger partial charge is 0.352 e. The van der Waals surface area contributed by atoms with Crippen LogP contribution < -0.4 is 11.1 Å². The summed E-state index contributed by atoms with van der Waals surface area (Å²) in [5, 5.41) is 2.92. The number of rotatable bonds is 5. The molecule has 1 fully saturated rings. The van der Waals surface area contributed by atoms with Crippen molar-refractivity contribution >= 4 is 29.4 Å². The molecule has 5 heteroatoms. The van der Waals surface area contributed by atoms with Crippen LogP contribution in [0.1, 0.15) is 33.8 Å². The minimum Gasteiger partial charge on any atom is -0.352 e. The molecule has 0 aliphatic carbocycles. The van der Waals surface area contributed by atoms with Crippen molar-refractivity contribution in [2.75, 3.05) is 24.6 Å². The Morgan fingerprint density at radius 1 is 1.35 bits per heavy atom. The molecule has 3 N–H and O–H groups in total. The number of benzene rings is 1. The summed E-state index contributed by atoms with van der Waals surface area (Å²) in [4.78, 5) is 12.0. The maximum Gasteiger partial charge on any atom is 0.251 e. The quantitative estimate of drug-likeness (QED) is 0.878.